The van der Waals surface area contributed by atoms with Gasteiger partial charge in [0.2, 0.25) is 0 Å². The maximum Gasteiger partial charge on any atom is 0.346 e. The Labute approximate surface area is 143 Å². The molecule has 0 radical (unpaired) electrons. The van der Waals surface area contributed by atoms with Crippen molar-refractivity contribution in [1.29, 1.82) is 0 Å². The number of aromatic nitrogens is 2. The van der Waals surface area contributed by atoms with Crippen LogP contribution < -0.4 is 0 Å². The third-order valence-corrected chi connectivity index (χ3v) is 5.35. The second kappa shape index (κ2) is 5.76. The number of aromatic carboxylic acids is 1. The smallest absolute Gasteiger partial charge is 0.346 e. The fourth-order valence-corrected chi connectivity index (χ4v) is 4.27. The fraction of sp³-hybridized carbons (Fsp3) is 0.158. The van der Waals surface area contributed by atoms with E-state index in [1.54, 1.807) is 0 Å². The van der Waals surface area contributed by atoms with E-state index in [1.807, 2.05) is 48.0 Å². The number of aryl methyl sites for hydroxylation is 2. The van der Waals surface area contributed by atoms with Crippen LogP contribution in [0, 0.1) is 6.92 Å². The third-order valence-electron chi connectivity index (χ3n) is 4.21. The summed E-state index contributed by atoms with van der Waals surface area (Å²) in [5, 5.41) is 14.2. The molecule has 0 saturated heterocycles. The molecular weight excluding hydrogens is 320 g/mol. The van der Waals surface area contributed by atoms with Crippen molar-refractivity contribution in [2.24, 2.45) is 0 Å². The fourth-order valence-electron chi connectivity index (χ4n) is 3.14. The van der Waals surface area contributed by atoms with Gasteiger partial charge in [-0.25, -0.2) is 4.79 Å². The zero-order chi connectivity index (χ0) is 16.7. The zero-order valence-corrected chi connectivity index (χ0v) is 14.0. The Morgan fingerprint density at radius 1 is 1.29 bits per heavy atom. The molecular formula is C19H16N2O2S. The molecule has 0 saturated carbocycles. The van der Waals surface area contributed by atoms with Gasteiger partial charge < -0.3 is 5.11 Å². The number of benzene rings is 1. The second-order valence-corrected chi connectivity index (χ2v) is 6.84. The Bertz CT molecular complexity index is 951. The summed E-state index contributed by atoms with van der Waals surface area (Å²) < 4.78 is 2.01. The van der Waals surface area contributed by atoms with Gasteiger partial charge in [-0.15, -0.1) is 11.3 Å². The van der Waals surface area contributed by atoms with E-state index in [0.29, 0.717) is 4.88 Å². The van der Waals surface area contributed by atoms with Crippen molar-refractivity contribution in [1.82, 2.24) is 9.78 Å². The average molecular weight is 336 g/mol. The first kappa shape index (κ1) is 14.9. The summed E-state index contributed by atoms with van der Waals surface area (Å²) >= 11 is 1.32. The average Bonchev–Trinajstić information content (AvgIpc) is 3.16. The maximum atomic E-state index is 11.7. The molecule has 24 heavy (non-hydrogen) atoms. The number of rotatable bonds is 3. The van der Waals surface area contributed by atoms with E-state index in [0.717, 1.165) is 45.9 Å². The molecule has 0 atom stereocenters. The summed E-state index contributed by atoms with van der Waals surface area (Å²) in [5.41, 5.74) is 4.74. The van der Waals surface area contributed by atoms with Gasteiger partial charge in [-0.3, -0.25) is 4.68 Å². The van der Waals surface area contributed by atoms with E-state index in [-0.39, 0.29) is 0 Å². The van der Waals surface area contributed by atoms with E-state index in [1.165, 1.54) is 11.3 Å². The first-order valence-corrected chi connectivity index (χ1v) is 8.63. The number of allylic oxidation sites excluding steroid dienone is 1. The number of nitrogens with zero attached hydrogens (tertiary/aromatic N) is 2. The van der Waals surface area contributed by atoms with Crippen LogP contribution in [0.1, 0.15) is 27.5 Å². The highest BCUT2D eigenvalue weighted by atomic mass is 32.1. The van der Waals surface area contributed by atoms with Gasteiger partial charge in [-0.1, -0.05) is 36.4 Å². The summed E-state index contributed by atoms with van der Waals surface area (Å²) in [4.78, 5) is 13.1. The molecule has 3 aromatic rings. The van der Waals surface area contributed by atoms with Crippen molar-refractivity contribution in [3.8, 4) is 21.6 Å². The zero-order valence-electron chi connectivity index (χ0n) is 13.2. The number of fused-ring (bicyclic) bond motifs is 1. The second-order valence-electron chi connectivity index (χ2n) is 5.78. The lowest BCUT2D eigenvalue weighted by atomic mass is 10.0. The monoisotopic (exact) mass is 336 g/mol. The SMILES string of the molecule is Cc1nn2c(c1-c1cc(-c3ccccc3)c(C(=O)O)s1)C=CCC2. The first-order chi connectivity index (χ1) is 11.6. The highest BCUT2D eigenvalue weighted by Gasteiger charge is 2.23. The minimum atomic E-state index is -0.890. The largest absolute Gasteiger partial charge is 0.477 e. The van der Waals surface area contributed by atoms with Crippen LogP contribution >= 0.6 is 11.3 Å². The number of carbonyl (C=O) groups is 1. The van der Waals surface area contributed by atoms with Crippen LogP contribution in [0.5, 0.6) is 0 Å². The molecule has 0 amide bonds. The standard InChI is InChI=1S/C19H16N2O2S/c1-12-17(15-9-5-6-10-21(15)20-12)16-11-14(18(24-16)19(22)23)13-7-3-2-4-8-13/h2-5,7-9,11H,6,10H2,1H3,(H,22,23). The molecule has 1 N–H and O–H groups in total. The van der Waals surface area contributed by atoms with Crippen LogP contribution in [0.2, 0.25) is 0 Å². The minimum Gasteiger partial charge on any atom is -0.477 e. The van der Waals surface area contributed by atoms with Crippen molar-refractivity contribution in [2.45, 2.75) is 19.9 Å². The van der Waals surface area contributed by atoms with E-state index in [9.17, 15) is 9.90 Å². The Morgan fingerprint density at radius 2 is 2.08 bits per heavy atom. The molecule has 1 aliphatic heterocycles. The van der Waals surface area contributed by atoms with E-state index in [4.69, 9.17) is 0 Å². The molecule has 0 aliphatic carbocycles. The van der Waals surface area contributed by atoms with Crippen molar-refractivity contribution < 1.29 is 9.90 Å². The van der Waals surface area contributed by atoms with Crippen molar-refractivity contribution in [3.63, 3.8) is 0 Å². The van der Waals surface area contributed by atoms with Crippen LogP contribution in [0.3, 0.4) is 0 Å². The molecule has 2 aromatic heterocycles. The molecule has 4 nitrogen and oxygen atoms in total. The normalized spacial score (nSPS) is 13.0. The highest BCUT2D eigenvalue weighted by Crippen LogP contribution is 2.40. The van der Waals surface area contributed by atoms with Gasteiger partial charge in [0.25, 0.3) is 0 Å². The van der Waals surface area contributed by atoms with Crippen molar-refractivity contribution in [2.75, 3.05) is 0 Å². The first-order valence-electron chi connectivity index (χ1n) is 7.82. The molecule has 0 unspecified atom stereocenters. The van der Waals surface area contributed by atoms with Crippen LogP contribution in [0.4, 0.5) is 0 Å². The molecule has 1 aromatic carbocycles. The lowest BCUT2D eigenvalue weighted by molar-refractivity contribution is 0.0703. The number of thiophene rings is 1. The predicted molar refractivity (Wildman–Crippen MR) is 96.3 cm³/mol. The van der Waals surface area contributed by atoms with Gasteiger partial charge in [0.15, 0.2) is 0 Å². The van der Waals surface area contributed by atoms with Gasteiger partial charge in [-0.05, 0) is 31.1 Å². The van der Waals surface area contributed by atoms with Gasteiger partial charge in [0, 0.05) is 22.5 Å². The van der Waals surface area contributed by atoms with E-state index >= 15 is 0 Å². The van der Waals surface area contributed by atoms with Crippen molar-refractivity contribution in [3.05, 3.63) is 58.7 Å². The van der Waals surface area contributed by atoms with Crippen LogP contribution in [0.15, 0.2) is 42.5 Å². The van der Waals surface area contributed by atoms with Crippen LogP contribution in [0.25, 0.3) is 27.6 Å². The Morgan fingerprint density at radius 3 is 2.83 bits per heavy atom. The topological polar surface area (TPSA) is 55.1 Å². The highest BCUT2D eigenvalue weighted by molar-refractivity contribution is 7.18. The summed E-state index contributed by atoms with van der Waals surface area (Å²) in [6.07, 6.45) is 5.21. The lowest BCUT2D eigenvalue weighted by Crippen LogP contribution is -2.04. The molecule has 5 heteroatoms. The summed E-state index contributed by atoms with van der Waals surface area (Å²) in [7, 11) is 0. The third kappa shape index (κ3) is 2.37. The summed E-state index contributed by atoms with van der Waals surface area (Å²) in [5.74, 6) is -0.890. The number of hydrogen-bond acceptors (Lipinski definition) is 3. The molecule has 0 spiro atoms. The molecule has 0 bridgehead atoms. The number of carboxylic acids is 1. The molecule has 4 rings (SSSR count). The molecule has 120 valence electrons. The van der Waals surface area contributed by atoms with Crippen LogP contribution in [-0.2, 0) is 6.54 Å². The predicted octanol–water partition coefficient (Wildman–Crippen LogP) is 4.70. The summed E-state index contributed by atoms with van der Waals surface area (Å²) in [6, 6.07) is 11.6. The van der Waals surface area contributed by atoms with E-state index < -0.39 is 5.97 Å². The van der Waals surface area contributed by atoms with E-state index in [2.05, 4.69) is 17.3 Å². The van der Waals surface area contributed by atoms with Crippen LogP contribution in [-0.4, -0.2) is 20.9 Å². The Balaban J connectivity index is 1.91. The minimum absolute atomic E-state index is 0.371. The quantitative estimate of drug-likeness (QED) is 0.754. The Hall–Kier alpha value is -2.66. The molecule has 1 aliphatic rings. The van der Waals surface area contributed by atoms with Gasteiger partial charge in [-0.2, -0.15) is 5.10 Å². The molecule has 3 heterocycles. The van der Waals surface area contributed by atoms with Gasteiger partial charge in [0.05, 0.1) is 11.4 Å². The summed E-state index contributed by atoms with van der Waals surface area (Å²) in [6.45, 7) is 2.85. The molecule has 0 fully saturated rings. The number of hydrogen-bond donors (Lipinski definition) is 1. The number of carboxylic acid groups (broad SMARTS) is 1. The van der Waals surface area contributed by atoms with Gasteiger partial charge in [0.1, 0.15) is 4.88 Å². The Kier molecular flexibility index (Phi) is 3.58. The van der Waals surface area contributed by atoms with Gasteiger partial charge >= 0.3 is 5.97 Å². The maximum absolute atomic E-state index is 11.7. The lowest BCUT2D eigenvalue weighted by Gasteiger charge is -2.08. The van der Waals surface area contributed by atoms with Crippen molar-refractivity contribution >= 4 is 23.4 Å².